The maximum absolute atomic E-state index is 10.7. The Kier molecular flexibility index (Phi) is 4.88. The number of hydrogen-bond donors (Lipinski definition) is 3. The number of pyridine rings is 1. The van der Waals surface area contributed by atoms with E-state index in [1.165, 1.54) is 0 Å². The van der Waals surface area contributed by atoms with Gasteiger partial charge in [0.25, 0.3) is 0 Å². The molecule has 0 radical (unpaired) electrons. The molecule has 1 aliphatic carbocycles. The van der Waals surface area contributed by atoms with Crippen LogP contribution in [0.4, 0.5) is 0 Å². The minimum Gasteiger partial charge on any atom is -0.507 e. The van der Waals surface area contributed by atoms with Gasteiger partial charge in [0.15, 0.2) is 0 Å². The summed E-state index contributed by atoms with van der Waals surface area (Å²) in [6.45, 7) is 9.72. The number of rotatable bonds is 3. The lowest BCUT2D eigenvalue weighted by Crippen LogP contribution is -2.26. The van der Waals surface area contributed by atoms with Crippen LogP contribution in [-0.4, -0.2) is 26.4 Å². The fourth-order valence-corrected chi connectivity index (χ4v) is 3.73. The average molecular weight is 351 g/mol. The Morgan fingerprint density at radius 3 is 2.35 bits per heavy atom. The molecule has 0 saturated heterocycles. The molecule has 3 atom stereocenters. The van der Waals surface area contributed by atoms with Crippen LogP contribution in [0.2, 0.25) is 0 Å². The van der Waals surface area contributed by atoms with Crippen LogP contribution in [0.25, 0.3) is 11.1 Å². The largest absolute Gasteiger partial charge is 0.507 e. The smallest absolute Gasteiger partial charge is 0.123 e. The summed E-state index contributed by atoms with van der Waals surface area (Å²) in [5.41, 5.74) is 4.74. The summed E-state index contributed by atoms with van der Waals surface area (Å²) in [5.74, 6) is -0.166. The number of aryl methyl sites for hydroxylation is 1. The Hall–Kier alpha value is -2.59. The van der Waals surface area contributed by atoms with E-state index in [1.807, 2.05) is 39.0 Å². The van der Waals surface area contributed by atoms with Gasteiger partial charge in [-0.1, -0.05) is 18.2 Å². The van der Waals surface area contributed by atoms with Crippen LogP contribution in [0.5, 0.6) is 11.5 Å². The molecule has 0 saturated carbocycles. The van der Waals surface area contributed by atoms with Gasteiger partial charge >= 0.3 is 0 Å². The molecular formula is C22H25NO3. The maximum Gasteiger partial charge on any atom is 0.123 e. The second-order valence-corrected chi connectivity index (χ2v) is 7.25. The van der Waals surface area contributed by atoms with E-state index in [0.717, 1.165) is 28.0 Å². The molecule has 1 aromatic carbocycles. The van der Waals surface area contributed by atoms with Crippen LogP contribution in [-0.2, 0) is 0 Å². The fraction of sp³-hybridized carbons (Fsp3) is 0.318. The first-order valence-corrected chi connectivity index (χ1v) is 8.78. The van der Waals surface area contributed by atoms with E-state index in [-0.39, 0.29) is 23.3 Å². The zero-order valence-electron chi connectivity index (χ0n) is 15.4. The molecule has 0 bridgehead atoms. The highest BCUT2D eigenvalue weighted by molar-refractivity contribution is 5.69. The van der Waals surface area contributed by atoms with Crippen LogP contribution < -0.4 is 0 Å². The van der Waals surface area contributed by atoms with Gasteiger partial charge in [-0.2, -0.15) is 0 Å². The third-order valence-electron chi connectivity index (χ3n) is 5.21. The van der Waals surface area contributed by atoms with Gasteiger partial charge in [0.1, 0.15) is 11.5 Å². The number of aromatic nitrogens is 1. The summed E-state index contributed by atoms with van der Waals surface area (Å²) >= 11 is 0. The first-order chi connectivity index (χ1) is 12.3. The highest BCUT2D eigenvalue weighted by atomic mass is 16.3. The molecule has 0 spiro atoms. The summed E-state index contributed by atoms with van der Waals surface area (Å²) in [7, 11) is 0. The van der Waals surface area contributed by atoms with Gasteiger partial charge < -0.3 is 15.3 Å². The first-order valence-electron chi connectivity index (χ1n) is 8.78. The summed E-state index contributed by atoms with van der Waals surface area (Å²) in [4.78, 5) is 4.18. The van der Waals surface area contributed by atoms with Gasteiger partial charge in [-0.25, -0.2) is 0 Å². The second kappa shape index (κ2) is 6.96. The molecule has 3 N–H and O–H groups in total. The summed E-state index contributed by atoms with van der Waals surface area (Å²) in [6, 6.07) is 7.10. The summed E-state index contributed by atoms with van der Waals surface area (Å²) in [6.07, 6.45) is 3.65. The monoisotopic (exact) mass is 351 g/mol. The lowest BCUT2D eigenvalue weighted by Gasteiger charge is -2.34. The van der Waals surface area contributed by atoms with Crippen LogP contribution in [0.15, 0.2) is 54.3 Å². The van der Waals surface area contributed by atoms with Crippen LogP contribution in [0.1, 0.15) is 37.4 Å². The van der Waals surface area contributed by atoms with E-state index in [2.05, 4.69) is 11.6 Å². The standard InChI is InChI=1S/C22H25NO3/c1-12(2)17-11-19(24)13(3)7-18(17)22-20(25)9-16(10-21(22)26)15-5-6-23-14(4)8-15/h5-10,17-19,24-26H,1,11H2,2-4H3/t17?,18-,19?/m0/s1. The van der Waals surface area contributed by atoms with E-state index in [1.54, 1.807) is 18.3 Å². The van der Waals surface area contributed by atoms with Crippen LogP contribution >= 0.6 is 0 Å². The summed E-state index contributed by atoms with van der Waals surface area (Å²) < 4.78 is 0. The zero-order valence-corrected chi connectivity index (χ0v) is 15.4. The van der Waals surface area contributed by atoms with Crippen LogP contribution in [0.3, 0.4) is 0 Å². The van der Waals surface area contributed by atoms with Crippen molar-refractivity contribution in [2.45, 2.75) is 39.2 Å². The predicted molar refractivity (Wildman–Crippen MR) is 103 cm³/mol. The predicted octanol–water partition coefficient (Wildman–Crippen LogP) is 4.46. The highest BCUT2D eigenvalue weighted by Crippen LogP contribution is 2.47. The van der Waals surface area contributed by atoms with Crippen LogP contribution in [0, 0.1) is 12.8 Å². The first kappa shape index (κ1) is 18.2. The lowest BCUT2D eigenvalue weighted by atomic mass is 9.72. The molecule has 2 aromatic rings. The molecule has 2 unspecified atom stereocenters. The number of aromatic hydroxyl groups is 2. The van der Waals surface area contributed by atoms with Gasteiger partial charge in [0.05, 0.1) is 6.10 Å². The number of aliphatic hydroxyl groups excluding tert-OH is 1. The Morgan fingerprint density at radius 2 is 1.77 bits per heavy atom. The number of benzene rings is 1. The molecule has 0 aliphatic heterocycles. The van der Waals surface area contributed by atoms with Crippen molar-refractivity contribution in [3.05, 3.63) is 65.5 Å². The number of hydrogen-bond acceptors (Lipinski definition) is 4. The molecule has 4 heteroatoms. The third-order valence-corrected chi connectivity index (χ3v) is 5.21. The normalized spacial score (nSPS) is 22.8. The quantitative estimate of drug-likeness (QED) is 0.714. The van der Waals surface area contributed by atoms with Gasteiger partial charge in [0.2, 0.25) is 0 Å². The van der Waals surface area contributed by atoms with E-state index in [9.17, 15) is 15.3 Å². The van der Waals surface area contributed by atoms with Crippen molar-refractivity contribution in [2.75, 3.05) is 0 Å². The molecule has 1 aliphatic rings. The maximum atomic E-state index is 10.7. The Bertz CT molecular complexity index is 862. The minimum atomic E-state index is -0.517. The number of phenolic OH excluding ortho intramolecular Hbond substituents is 2. The molecular weight excluding hydrogens is 326 g/mol. The number of aliphatic hydroxyl groups is 1. The van der Waals surface area contributed by atoms with Gasteiger partial charge in [-0.3, -0.25) is 4.98 Å². The van der Waals surface area contributed by atoms with E-state index in [4.69, 9.17) is 0 Å². The number of allylic oxidation sites excluding steroid dienone is 2. The molecule has 1 aromatic heterocycles. The number of nitrogens with zero attached hydrogens (tertiary/aromatic N) is 1. The molecule has 0 amide bonds. The Labute approximate surface area is 154 Å². The van der Waals surface area contributed by atoms with E-state index in [0.29, 0.717) is 12.0 Å². The summed E-state index contributed by atoms with van der Waals surface area (Å²) in [5, 5.41) is 31.6. The van der Waals surface area contributed by atoms with Crippen molar-refractivity contribution < 1.29 is 15.3 Å². The molecule has 0 fully saturated rings. The van der Waals surface area contributed by atoms with Gasteiger partial charge in [-0.15, -0.1) is 0 Å². The molecule has 4 nitrogen and oxygen atoms in total. The van der Waals surface area contributed by atoms with Gasteiger partial charge in [0, 0.05) is 23.4 Å². The molecule has 26 heavy (non-hydrogen) atoms. The Balaban J connectivity index is 2.09. The topological polar surface area (TPSA) is 73.6 Å². The number of phenols is 2. The van der Waals surface area contributed by atoms with Crippen molar-refractivity contribution in [3.8, 4) is 22.6 Å². The minimum absolute atomic E-state index is 0.0421. The van der Waals surface area contributed by atoms with Crippen molar-refractivity contribution in [2.24, 2.45) is 5.92 Å². The molecule has 136 valence electrons. The molecule has 1 heterocycles. The van der Waals surface area contributed by atoms with Gasteiger partial charge in [-0.05, 0) is 74.1 Å². The fourth-order valence-electron chi connectivity index (χ4n) is 3.73. The van der Waals surface area contributed by atoms with Crippen molar-refractivity contribution >= 4 is 0 Å². The average Bonchev–Trinajstić information content (AvgIpc) is 2.56. The second-order valence-electron chi connectivity index (χ2n) is 7.25. The SMILES string of the molecule is C=C(C)C1CC(O)C(C)=C[C@@H]1c1c(O)cc(-c2ccnc(C)c2)cc1O. The van der Waals surface area contributed by atoms with Crippen molar-refractivity contribution in [1.82, 2.24) is 4.98 Å². The van der Waals surface area contributed by atoms with Crippen molar-refractivity contribution in [1.29, 1.82) is 0 Å². The van der Waals surface area contributed by atoms with Crippen molar-refractivity contribution in [3.63, 3.8) is 0 Å². The Morgan fingerprint density at radius 1 is 1.12 bits per heavy atom. The molecule has 3 rings (SSSR count). The highest BCUT2D eigenvalue weighted by Gasteiger charge is 2.33. The van der Waals surface area contributed by atoms with E-state index < -0.39 is 6.10 Å². The third kappa shape index (κ3) is 3.37. The lowest BCUT2D eigenvalue weighted by molar-refractivity contribution is 0.168. The zero-order chi connectivity index (χ0) is 19.0. The van der Waals surface area contributed by atoms with E-state index >= 15 is 0 Å².